The van der Waals surface area contributed by atoms with Crippen molar-refractivity contribution in [3.63, 3.8) is 0 Å². The molecule has 0 aliphatic carbocycles. The lowest BCUT2D eigenvalue weighted by Crippen LogP contribution is -2.35. The van der Waals surface area contributed by atoms with Crippen LogP contribution in [-0.4, -0.2) is 38.4 Å². The normalized spacial score (nSPS) is 13.0. The fourth-order valence-electron chi connectivity index (χ4n) is 1.75. The molecule has 2 aromatic heterocycles. The molecule has 10 heteroatoms. The van der Waals surface area contributed by atoms with E-state index in [2.05, 4.69) is 15.4 Å². The van der Waals surface area contributed by atoms with Crippen LogP contribution in [0.25, 0.3) is 5.82 Å². The smallest absolute Gasteiger partial charge is 0.394 e. The summed E-state index contributed by atoms with van der Waals surface area (Å²) in [5, 5.41) is 14.6. The summed E-state index contributed by atoms with van der Waals surface area (Å²) in [7, 11) is 0. The molecule has 2 heterocycles. The fraction of sp³-hybridized carbons (Fsp3) is 0.308. The molecule has 0 fully saturated rings. The highest BCUT2D eigenvalue weighted by Crippen LogP contribution is 2.32. The van der Waals surface area contributed by atoms with Gasteiger partial charge in [-0.1, -0.05) is 11.6 Å². The van der Waals surface area contributed by atoms with Crippen LogP contribution in [-0.2, 0) is 6.18 Å². The Hall–Kier alpha value is -2.13. The minimum Gasteiger partial charge on any atom is -0.394 e. The molecule has 2 aromatic rings. The largest absolute Gasteiger partial charge is 0.435 e. The molecule has 0 radical (unpaired) electrons. The van der Waals surface area contributed by atoms with Gasteiger partial charge in [-0.2, -0.15) is 18.3 Å². The van der Waals surface area contributed by atoms with Gasteiger partial charge in [-0.25, -0.2) is 9.67 Å². The number of alkyl halides is 3. The Morgan fingerprint density at radius 1 is 1.52 bits per heavy atom. The summed E-state index contributed by atoms with van der Waals surface area (Å²) in [6.07, 6.45) is -2.60. The highest BCUT2D eigenvalue weighted by atomic mass is 35.5. The van der Waals surface area contributed by atoms with Crippen LogP contribution in [0.1, 0.15) is 23.0 Å². The second-order valence-corrected chi connectivity index (χ2v) is 5.11. The Morgan fingerprint density at radius 3 is 2.78 bits per heavy atom. The number of carbonyl (C=O) groups excluding carboxylic acids is 1. The van der Waals surface area contributed by atoms with Crippen molar-refractivity contribution in [2.45, 2.75) is 19.1 Å². The van der Waals surface area contributed by atoms with E-state index in [9.17, 15) is 18.0 Å². The predicted octanol–water partition coefficient (Wildman–Crippen LogP) is 2.05. The number of aliphatic hydroxyl groups excluding tert-OH is 1. The fourth-order valence-corrected chi connectivity index (χ4v) is 1.96. The molecule has 0 spiro atoms. The molecule has 6 nitrogen and oxygen atoms in total. The van der Waals surface area contributed by atoms with Gasteiger partial charge in [-0.3, -0.25) is 4.79 Å². The summed E-state index contributed by atoms with van der Waals surface area (Å²) in [6.45, 7) is 1.04. The minimum absolute atomic E-state index is 0.0334. The van der Waals surface area contributed by atoms with Crippen molar-refractivity contribution in [1.29, 1.82) is 0 Å². The molecule has 0 saturated heterocycles. The molecule has 2 rings (SSSR count). The number of halogens is 4. The lowest BCUT2D eigenvalue weighted by atomic mass is 10.2. The van der Waals surface area contributed by atoms with Gasteiger partial charge in [0.1, 0.15) is 0 Å². The standard InChI is InChI=1S/C13H12ClF3N4O2/c1-7(6-22)19-12(23)8-5-21(20-10(8)13(15,16)17)11-9(14)3-2-4-18-11/h2-5,7,22H,6H2,1H3,(H,19,23)/t7-/m0/s1. The Labute approximate surface area is 133 Å². The molecule has 2 N–H and O–H groups in total. The maximum absolute atomic E-state index is 13.1. The zero-order valence-corrected chi connectivity index (χ0v) is 12.6. The van der Waals surface area contributed by atoms with E-state index in [0.29, 0.717) is 0 Å². The molecule has 124 valence electrons. The number of nitrogens with one attached hydrogen (secondary N) is 1. The summed E-state index contributed by atoms with van der Waals surface area (Å²) < 4.78 is 40.1. The van der Waals surface area contributed by atoms with E-state index >= 15 is 0 Å². The predicted molar refractivity (Wildman–Crippen MR) is 75.4 cm³/mol. The maximum atomic E-state index is 13.1. The van der Waals surface area contributed by atoms with Crippen LogP contribution in [0.2, 0.25) is 5.02 Å². The Morgan fingerprint density at radius 2 is 2.22 bits per heavy atom. The molecule has 0 aliphatic rings. The van der Waals surface area contributed by atoms with Crippen LogP contribution in [0.4, 0.5) is 13.2 Å². The molecule has 0 saturated carbocycles. The summed E-state index contributed by atoms with van der Waals surface area (Å²) in [5.41, 5.74) is -2.04. The van der Waals surface area contributed by atoms with Gasteiger partial charge in [0.05, 0.1) is 17.2 Å². The van der Waals surface area contributed by atoms with Crippen LogP contribution in [0.3, 0.4) is 0 Å². The first kappa shape index (κ1) is 17.2. The Bertz CT molecular complexity index is 717. The summed E-state index contributed by atoms with van der Waals surface area (Å²) >= 11 is 5.88. The number of rotatable bonds is 4. The monoisotopic (exact) mass is 348 g/mol. The van der Waals surface area contributed by atoms with Crippen LogP contribution in [0.15, 0.2) is 24.5 Å². The molecule has 23 heavy (non-hydrogen) atoms. The van der Waals surface area contributed by atoms with Gasteiger partial charge in [0.2, 0.25) is 0 Å². The van der Waals surface area contributed by atoms with Gasteiger partial charge in [-0.05, 0) is 19.1 Å². The topological polar surface area (TPSA) is 80.0 Å². The molecular formula is C13H12ClF3N4O2. The number of pyridine rings is 1. The molecule has 1 atom stereocenters. The number of amides is 1. The van der Waals surface area contributed by atoms with Crippen LogP contribution < -0.4 is 5.32 Å². The average molecular weight is 349 g/mol. The first-order chi connectivity index (χ1) is 10.7. The van der Waals surface area contributed by atoms with Crippen molar-refractivity contribution in [3.05, 3.63) is 40.8 Å². The third-order valence-corrected chi connectivity index (χ3v) is 3.13. The first-order valence-corrected chi connectivity index (χ1v) is 6.81. The number of carbonyl (C=O) groups is 1. The number of aliphatic hydroxyl groups is 1. The van der Waals surface area contributed by atoms with E-state index in [0.717, 1.165) is 10.9 Å². The molecule has 0 bridgehead atoms. The van der Waals surface area contributed by atoms with E-state index in [-0.39, 0.29) is 10.8 Å². The van der Waals surface area contributed by atoms with Crippen molar-refractivity contribution in [2.75, 3.05) is 6.61 Å². The first-order valence-electron chi connectivity index (χ1n) is 6.43. The van der Waals surface area contributed by atoms with E-state index in [1.165, 1.54) is 25.3 Å². The van der Waals surface area contributed by atoms with Crippen molar-refractivity contribution in [2.24, 2.45) is 0 Å². The van der Waals surface area contributed by atoms with Crippen LogP contribution in [0, 0.1) is 0 Å². The molecule has 0 aromatic carbocycles. The van der Waals surface area contributed by atoms with Crippen molar-refractivity contribution in [3.8, 4) is 5.82 Å². The van der Waals surface area contributed by atoms with Gasteiger partial charge >= 0.3 is 6.18 Å². The quantitative estimate of drug-likeness (QED) is 0.886. The van der Waals surface area contributed by atoms with Gasteiger partial charge in [-0.15, -0.1) is 0 Å². The van der Waals surface area contributed by atoms with E-state index in [1.54, 1.807) is 0 Å². The summed E-state index contributed by atoms with van der Waals surface area (Å²) in [4.78, 5) is 15.8. The van der Waals surface area contributed by atoms with Crippen LogP contribution in [0.5, 0.6) is 0 Å². The van der Waals surface area contributed by atoms with Gasteiger partial charge < -0.3 is 10.4 Å². The number of nitrogens with zero attached hydrogens (tertiary/aromatic N) is 3. The second kappa shape index (κ2) is 6.55. The highest BCUT2D eigenvalue weighted by molar-refractivity contribution is 6.32. The molecule has 0 aliphatic heterocycles. The van der Waals surface area contributed by atoms with Gasteiger partial charge in [0, 0.05) is 18.4 Å². The van der Waals surface area contributed by atoms with Gasteiger partial charge in [0.15, 0.2) is 11.5 Å². The maximum Gasteiger partial charge on any atom is 0.435 e. The zero-order valence-electron chi connectivity index (χ0n) is 11.8. The minimum atomic E-state index is -4.83. The second-order valence-electron chi connectivity index (χ2n) is 4.70. The van der Waals surface area contributed by atoms with Crippen molar-refractivity contribution in [1.82, 2.24) is 20.1 Å². The van der Waals surface area contributed by atoms with Crippen molar-refractivity contribution >= 4 is 17.5 Å². The average Bonchev–Trinajstić information content (AvgIpc) is 2.92. The highest BCUT2D eigenvalue weighted by Gasteiger charge is 2.39. The number of hydrogen-bond donors (Lipinski definition) is 2. The molecule has 0 unspecified atom stereocenters. The third-order valence-electron chi connectivity index (χ3n) is 2.83. The summed E-state index contributed by atoms with van der Waals surface area (Å²) in [6, 6.07) is 2.24. The lowest BCUT2D eigenvalue weighted by Gasteiger charge is -2.11. The zero-order chi connectivity index (χ0) is 17.2. The van der Waals surface area contributed by atoms with Crippen LogP contribution >= 0.6 is 11.6 Å². The molecular weight excluding hydrogens is 337 g/mol. The SMILES string of the molecule is C[C@@H](CO)NC(=O)c1cn(-c2ncccc2Cl)nc1C(F)(F)F. The summed E-state index contributed by atoms with van der Waals surface area (Å²) in [5.74, 6) is -1.04. The molecule has 1 amide bonds. The number of aromatic nitrogens is 3. The van der Waals surface area contributed by atoms with E-state index in [1.807, 2.05) is 0 Å². The number of hydrogen-bond acceptors (Lipinski definition) is 4. The van der Waals surface area contributed by atoms with E-state index in [4.69, 9.17) is 16.7 Å². The lowest BCUT2D eigenvalue weighted by molar-refractivity contribution is -0.141. The van der Waals surface area contributed by atoms with Crippen molar-refractivity contribution < 1.29 is 23.1 Å². The Kier molecular flexibility index (Phi) is 4.90. The third kappa shape index (κ3) is 3.80. The van der Waals surface area contributed by atoms with E-state index < -0.39 is 36.0 Å². The van der Waals surface area contributed by atoms with Gasteiger partial charge in [0.25, 0.3) is 5.91 Å². The Balaban J connectivity index is 2.49.